The molecule has 2 heterocycles. The lowest BCUT2D eigenvalue weighted by atomic mass is 9.99. The number of halogens is 3. The molecule has 0 radical (unpaired) electrons. The van der Waals surface area contributed by atoms with Gasteiger partial charge in [-0.3, -0.25) is 53.2 Å². The van der Waals surface area contributed by atoms with Crippen LogP contribution in [-0.4, -0.2) is 133 Å². The molecule has 0 aliphatic carbocycles. The van der Waals surface area contributed by atoms with Gasteiger partial charge < -0.3 is 47.5 Å². The molecule has 3 aromatic rings. The molecule has 11 N–H and O–H groups in total. The monoisotopic (exact) mass is 1050 g/mol. The number of carboxylic acid groups (broad SMARTS) is 1. The van der Waals surface area contributed by atoms with E-state index in [2.05, 4.69) is 52.1 Å². The Hall–Kier alpha value is -8.08. The maximum atomic E-state index is 14.0. The van der Waals surface area contributed by atoms with Crippen molar-refractivity contribution in [2.45, 2.75) is 87.7 Å². The van der Waals surface area contributed by atoms with E-state index in [1.165, 1.54) is 41.8 Å². The number of benzene rings is 2. The van der Waals surface area contributed by atoms with Crippen LogP contribution in [0.3, 0.4) is 0 Å². The topological polar surface area (TPSA) is 381 Å². The van der Waals surface area contributed by atoms with Gasteiger partial charge in [0.25, 0.3) is 16.0 Å². The minimum Gasteiger partial charge on any atom is -0.494 e. The third kappa shape index (κ3) is 19.2. The molecule has 73 heavy (non-hydrogen) atoms. The number of carbonyl (C=O) groups excluding carboxylic acids is 7. The van der Waals surface area contributed by atoms with Gasteiger partial charge in [0.2, 0.25) is 29.5 Å². The lowest BCUT2D eigenvalue weighted by molar-refractivity contribution is -0.171. The molecule has 0 bridgehead atoms. The summed E-state index contributed by atoms with van der Waals surface area (Å²) in [6.45, 7) is 2.23. The third-order valence-corrected chi connectivity index (χ3v) is 11.3. The summed E-state index contributed by atoms with van der Waals surface area (Å²) < 4.78 is 76.1. The SMILES string of the molecule is CC(C)[C@@H]1NC(=O)[C@@H](Cc2ccc(OCCCNC(=O)c3ccc(N=NCc4ccccc4S(=O)(=O)O)nc3)cc2)NC(=O)[C@H](CC(=O)O)NC(=O)CNC(=O)[C@H](CCCN=C(N)NC(=O)C(F)(F)F)NC1=O. The Morgan fingerprint density at radius 3 is 2.22 bits per heavy atom. The highest BCUT2D eigenvalue weighted by Crippen LogP contribution is 2.19. The van der Waals surface area contributed by atoms with E-state index in [1.807, 2.05) is 0 Å². The van der Waals surface area contributed by atoms with E-state index in [1.54, 1.807) is 44.2 Å². The summed E-state index contributed by atoms with van der Waals surface area (Å²) in [5.41, 5.74) is 6.26. The molecule has 1 aromatic heterocycles. The molecule has 4 atom stereocenters. The lowest BCUT2D eigenvalue weighted by Crippen LogP contribution is -2.59. The summed E-state index contributed by atoms with van der Waals surface area (Å²) >= 11 is 0. The van der Waals surface area contributed by atoms with Gasteiger partial charge in [-0.15, -0.1) is 5.11 Å². The molecular weight excluding hydrogens is 994 g/mol. The number of guanidine groups is 1. The number of rotatable bonds is 19. The van der Waals surface area contributed by atoms with Crippen molar-refractivity contribution in [3.63, 3.8) is 0 Å². The van der Waals surface area contributed by atoms with Crippen molar-refractivity contribution in [2.75, 3.05) is 26.2 Å². The van der Waals surface area contributed by atoms with E-state index < -0.39 is 113 Å². The van der Waals surface area contributed by atoms with Crippen LogP contribution in [0, 0.1) is 5.92 Å². The van der Waals surface area contributed by atoms with Crippen LogP contribution < -0.4 is 47.7 Å². The largest absolute Gasteiger partial charge is 0.494 e. The molecule has 2 aromatic carbocycles. The number of pyridine rings is 1. The molecular formula is C44H53F3N12O13S. The zero-order valence-electron chi connectivity index (χ0n) is 39.1. The number of aromatic nitrogens is 1. The van der Waals surface area contributed by atoms with E-state index in [0.29, 0.717) is 17.7 Å². The van der Waals surface area contributed by atoms with E-state index >= 15 is 0 Å². The number of nitrogens with two attached hydrogens (primary N) is 1. The van der Waals surface area contributed by atoms with Crippen LogP contribution in [0.15, 0.2) is 87.0 Å². The number of aliphatic carboxylic acids is 1. The fraction of sp³-hybridized carbons (Fsp3) is 0.409. The summed E-state index contributed by atoms with van der Waals surface area (Å²) in [6.07, 6.45) is -5.07. The second kappa shape index (κ2) is 26.9. The number of carbonyl (C=O) groups is 8. The van der Waals surface area contributed by atoms with Crippen molar-refractivity contribution in [1.29, 1.82) is 0 Å². The number of alkyl halides is 3. The Labute approximate surface area is 414 Å². The van der Waals surface area contributed by atoms with Gasteiger partial charge in [-0.2, -0.15) is 26.7 Å². The number of nitrogens with zero attached hydrogens (tertiary/aromatic N) is 4. The zero-order chi connectivity index (χ0) is 53.9. The number of amides is 7. The van der Waals surface area contributed by atoms with Crippen LogP contribution in [0.2, 0.25) is 0 Å². The van der Waals surface area contributed by atoms with Crippen LogP contribution in [-0.2, 0) is 56.6 Å². The fourth-order valence-electron chi connectivity index (χ4n) is 6.62. The summed E-state index contributed by atoms with van der Waals surface area (Å²) in [5, 5.41) is 33.5. The summed E-state index contributed by atoms with van der Waals surface area (Å²) in [6, 6.07) is 8.97. The first-order valence-corrected chi connectivity index (χ1v) is 23.6. The van der Waals surface area contributed by atoms with Crippen molar-refractivity contribution in [2.24, 2.45) is 26.9 Å². The van der Waals surface area contributed by atoms with Gasteiger partial charge in [0, 0.05) is 25.7 Å². The van der Waals surface area contributed by atoms with Gasteiger partial charge in [0.05, 0.1) is 36.6 Å². The fourth-order valence-corrected chi connectivity index (χ4v) is 7.33. The highest BCUT2D eigenvalue weighted by molar-refractivity contribution is 7.85. The van der Waals surface area contributed by atoms with Crippen LogP contribution in [0.25, 0.3) is 0 Å². The van der Waals surface area contributed by atoms with Gasteiger partial charge >= 0.3 is 18.1 Å². The number of azo groups is 1. The van der Waals surface area contributed by atoms with Crippen molar-refractivity contribution in [1.82, 2.24) is 42.2 Å². The minimum atomic E-state index is -5.23. The molecule has 29 heteroatoms. The first kappa shape index (κ1) is 57.5. The Balaban J connectivity index is 1.37. The smallest absolute Gasteiger partial charge is 0.471 e. The molecule has 0 saturated carbocycles. The molecule has 0 unspecified atom stereocenters. The Bertz CT molecular complexity index is 2650. The summed E-state index contributed by atoms with van der Waals surface area (Å²) in [5.74, 6) is -10.0. The van der Waals surface area contributed by atoms with Crippen molar-refractivity contribution in [3.05, 3.63) is 83.6 Å². The van der Waals surface area contributed by atoms with E-state index in [0.717, 1.165) is 0 Å². The van der Waals surface area contributed by atoms with Gasteiger partial charge in [-0.1, -0.05) is 44.2 Å². The lowest BCUT2D eigenvalue weighted by Gasteiger charge is -2.27. The number of hydrogen-bond acceptors (Lipinski definition) is 15. The minimum absolute atomic E-state index is 0.104. The van der Waals surface area contributed by atoms with Crippen LogP contribution in [0.4, 0.5) is 19.0 Å². The molecule has 25 nitrogen and oxygen atoms in total. The number of nitrogens with one attached hydrogen (secondary N) is 7. The van der Waals surface area contributed by atoms with E-state index in [-0.39, 0.29) is 67.3 Å². The van der Waals surface area contributed by atoms with Gasteiger partial charge in [0.1, 0.15) is 29.9 Å². The quantitative estimate of drug-likeness (QED) is 0.0254. The van der Waals surface area contributed by atoms with E-state index in [4.69, 9.17) is 10.5 Å². The second-order valence-electron chi connectivity index (χ2n) is 16.3. The Morgan fingerprint density at radius 1 is 0.890 bits per heavy atom. The molecule has 7 amide bonds. The number of hydrogen-bond donors (Lipinski definition) is 10. The molecule has 1 fully saturated rings. The van der Waals surface area contributed by atoms with E-state index in [9.17, 15) is 69.6 Å². The predicted molar refractivity (Wildman–Crippen MR) is 249 cm³/mol. The van der Waals surface area contributed by atoms with Crippen LogP contribution in [0.1, 0.15) is 61.0 Å². The summed E-state index contributed by atoms with van der Waals surface area (Å²) in [4.78, 5) is 110. The molecule has 1 saturated heterocycles. The first-order valence-electron chi connectivity index (χ1n) is 22.2. The predicted octanol–water partition coefficient (Wildman–Crippen LogP) is 0.327. The zero-order valence-corrected chi connectivity index (χ0v) is 39.9. The highest BCUT2D eigenvalue weighted by atomic mass is 32.2. The second-order valence-corrected chi connectivity index (χ2v) is 17.7. The number of carboxylic acids is 1. The molecule has 0 spiro atoms. The normalized spacial score (nSPS) is 18.6. The first-order chi connectivity index (χ1) is 34.4. The maximum Gasteiger partial charge on any atom is 0.471 e. The molecule has 1 aliphatic rings. The third-order valence-electron chi connectivity index (χ3n) is 10.3. The number of ether oxygens (including phenoxy) is 1. The van der Waals surface area contributed by atoms with Gasteiger partial charge in [-0.05, 0) is 66.6 Å². The maximum absolute atomic E-state index is 14.0. The van der Waals surface area contributed by atoms with Gasteiger partial charge in [-0.25, -0.2) is 4.98 Å². The molecule has 4 rings (SSSR count). The Morgan fingerprint density at radius 2 is 1.58 bits per heavy atom. The standard InChI is InChI=1S/C44H53F3N12O13S/c1-24(2)36-41(67)55-29(8-5-16-50-43(48)58-42(68)44(45,46)47)38(64)52-23-34(60)54-31(20-35(61)62)39(65)56-30(40(66)57-36)19-25-10-13-28(14-11-25)72-18-6-17-49-37(63)27-12-15-33(51-21-27)59-53-22-26-7-3-4-9-32(26)73(69,70)71/h3-4,7,9-15,21,24,29-31,36H,5-6,8,16-20,22-23H2,1-2H3,(H,49,63)(H,52,64)(H,54,60)(H,55,67)(H,56,65)(H,57,66)(H,61,62)(H,69,70,71)(H3,48,50,58,68)/t29-,30+,31-,36-/m0/s1. The Kier molecular flexibility index (Phi) is 21.2. The van der Waals surface area contributed by atoms with Crippen molar-refractivity contribution in [3.8, 4) is 5.75 Å². The van der Waals surface area contributed by atoms with Crippen molar-refractivity contribution < 1.29 is 74.3 Å². The van der Waals surface area contributed by atoms with Crippen molar-refractivity contribution >= 4 is 69.2 Å². The molecule has 1 aliphatic heterocycles. The highest BCUT2D eigenvalue weighted by Gasteiger charge is 2.39. The van der Waals surface area contributed by atoms with Gasteiger partial charge in [0.15, 0.2) is 11.8 Å². The summed E-state index contributed by atoms with van der Waals surface area (Å²) in [7, 11) is -4.45. The molecule has 394 valence electrons. The van der Waals surface area contributed by atoms with Crippen LogP contribution in [0.5, 0.6) is 5.75 Å². The average molecular weight is 1050 g/mol. The number of aliphatic imine (C=N–C) groups is 1. The average Bonchev–Trinajstić information content (AvgIpc) is 3.32. The van der Waals surface area contributed by atoms with Crippen LogP contribution >= 0.6 is 0 Å².